The second-order valence-electron chi connectivity index (χ2n) is 5.21. The molecule has 1 saturated carbocycles. The number of aryl methyl sites for hydroxylation is 1. The molecule has 0 bridgehead atoms. The predicted molar refractivity (Wildman–Crippen MR) is 84.5 cm³/mol. The Morgan fingerprint density at radius 3 is 3.00 bits per heavy atom. The van der Waals surface area contributed by atoms with Crippen LogP contribution in [0.5, 0.6) is 0 Å². The molecule has 0 aliphatic heterocycles. The molecule has 0 saturated heterocycles. The van der Waals surface area contributed by atoms with Gasteiger partial charge >= 0.3 is 5.97 Å². The van der Waals surface area contributed by atoms with Crippen molar-refractivity contribution in [1.82, 2.24) is 10.3 Å². The van der Waals surface area contributed by atoms with Crippen LogP contribution in [0.15, 0.2) is 5.38 Å². The number of thioether (sulfide) groups is 1. The van der Waals surface area contributed by atoms with Gasteiger partial charge in [0.25, 0.3) is 0 Å². The van der Waals surface area contributed by atoms with Crippen molar-refractivity contribution < 1.29 is 14.7 Å². The quantitative estimate of drug-likeness (QED) is 0.752. The molecule has 21 heavy (non-hydrogen) atoms. The van der Waals surface area contributed by atoms with Gasteiger partial charge in [-0.25, -0.2) is 4.98 Å². The molecule has 1 aliphatic carbocycles. The first-order valence-electron chi connectivity index (χ1n) is 7.07. The molecular weight excluding hydrogens is 308 g/mol. The lowest BCUT2D eigenvalue weighted by Crippen LogP contribution is -2.40. The SMILES string of the molecule is Cc1nc(CSCCC(=O)NC2CCCC2C(=O)O)cs1. The molecule has 2 rings (SSSR count). The summed E-state index contributed by atoms with van der Waals surface area (Å²) in [7, 11) is 0. The molecule has 0 radical (unpaired) electrons. The van der Waals surface area contributed by atoms with Gasteiger partial charge < -0.3 is 10.4 Å². The fourth-order valence-electron chi connectivity index (χ4n) is 2.52. The van der Waals surface area contributed by atoms with Crippen molar-refractivity contribution in [3.05, 3.63) is 16.1 Å². The Bertz CT molecular complexity index is 504. The van der Waals surface area contributed by atoms with E-state index in [-0.39, 0.29) is 11.9 Å². The summed E-state index contributed by atoms with van der Waals surface area (Å²) in [5.41, 5.74) is 1.06. The maximum absolute atomic E-state index is 11.9. The van der Waals surface area contributed by atoms with E-state index in [1.54, 1.807) is 23.1 Å². The van der Waals surface area contributed by atoms with Crippen LogP contribution in [0.1, 0.15) is 36.4 Å². The normalized spacial score (nSPS) is 21.4. The maximum atomic E-state index is 11.9. The first kappa shape index (κ1) is 16.3. The minimum atomic E-state index is -0.800. The number of carbonyl (C=O) groups excluding carboxylic acids is 1. The fourth-order valence-corrected chi connectivity index (χ4v) is 4.07. The van der Waals surface area contributed by atoms with Crippen LogP contribution in [-0.2, 0) is 15.3 Å². The van der Waals surface area contributed by atoms with Gasteiger partial charge in [-0.15, -0.1) is 11.3 Å². The van der Waals surface area contributed by atoms with E-state index in [1.165, 1.54) is 0 Å². The van der Waals surface area contributed by atoms with E-state index in [2.05, 4.69) is 10.3 Å². The van der Waals surface area contributed by atoms with Crippen LogP contribution >= 0.6 is 23.1 Å². The number of carboxylic acid groups (broad SMARTS) is 1. The molecule has 1 aromatic rings. The molecule has 2 atom stereocenters. The average molecular weight is 328 g/mol. The number of nitrogens with zero attached hydrogens (tertiary/aromatic N) is 1. The van der Waals surface area contributed by atoms with Gasteiger partial charge in [0, 0.05) is 29.3 Å². The third-order valence-electron chi connectivity index (χ3n) is 3.57. The summed E-state index contributed by atoms with van der Waals surface area (Å²) in [5.74, 6) is 0.284. The van der Waals surface area contributed by atoms with Crippen LogP contribution < -0.4 is 5.32 Å². The molecular formula is C14H20N2O3S2. The monoisotopic (exact) mass is 328 g/mol. The summed E-state index contributed by atoms with van der Waals surface area (Å²) in [6, 6.07) is -0.193. The summed E-state index contributed by atoms with van der Waals surface area (Å²) in [6.45, 7) is 1.98. The van der Waals surface area contributed by atoms with Crippen LogP contribution in [-0.4, -0.2) is 33.8 Å². The Morgan fingerprint density at radius 2 is 2.33 bits per heavy atom. The lowest BCUT2D eigenvalue weighted by Gasteiger charge is -2.17. The molecule has 1 aliphatic rings. The van der Waals surface area contributed by atoms with Gasteiger partial charge in [0.15, 0.2) is 0 Å². The highest BCUT2D eigenvalue weighted by Crippen LogP contribution is 2.26. The second-order valence-corrected chi connectivity index (χ2v) is 7.38. The van der Waals surface area contributed by atoms with Crippen molar-refractivity contribution in [2.24, 2.45) is 5.92 Å². The predicted octanol–water partition coefficient (Wildman–Crippen LogP) is 2.44. The number of aliphatic carboxylic acids is 1. The molecule has 1 heterocycles. The smallest absolute Gasteiger partial charge is 0.308 e. The van der Waals surface area contributed by atoms with Gasteiger partial charge in [-0.1, -0.05) is 6.42 Å². The Labute approximate surface area is 132 Å². The lowest BCUT2D eigenvalue weighted by molar-refractivity contribution is -0.142. The van der Waals surface area contributed by atoms with Gasteiger partial charge in [-0.3, -0.25) is 9.59 Å². The van der Waals surface area contributed by atoms with Crippen molar-refractivity contribution in [2.75, 3.05) is 5.75 Å². The van der Waals surface area contributed by atoms with Crippen LogP contribution in [0, 0.1) is 12.8 Å². The van der Waals surface area contributed by atoms with Crippen molar-refractivity contribution in [2.45, 2.75) is 44.4 Å². The summed E-state index contributed by atoms with van der Waals surface area (Å²) in [6.07, 6.45) is 2.74. The number of rotatable bonds is 7. The Balaban J connectivity index is 1.64. The number of nitrogens with one attached hydrogen (secondary N) is 1. The number of hydrogen-bond acceptors (Lipinski definition) is 5. The van der Waals surface area contributed by atoms with E-state index >= 15 is 0 Å². The molecule has 7 heteroatoms. The number of carboxylic acids is 1. The molecule has 0 spiro atoms. The van der Waals surface area contributed by atoms with Crippen LogP contribution in [0.25, 0.3) is 0 Å². The zero-order valence-corrected chi connectivity index (χ0v) is 13.6. The highest BCUT2D eigenvalue weighted by atomic mass is 32.2. The van der Waals surface area contributed by atoms with E-state index in [9.17, 15) is 9.59 Å². The van der Waals surface area contributed by atoms with Crippen molar-refractivity contribution in [3.8, 4) is 0 Å². The zero-order chi connectivity index (χ0) is 15.2. The number of aromatic nitrogens is 1. The van der Waals surface area contributed by atoms with Gasteiger partial charge in [-0.2, -0.15) is 11.8 Å². The first-order valence-corrected chi connectivity index (χ1v) is 9.10. The molecule has 5 nitrogen and oxygen atoms in total. The molecule has 2 unspecified atom stereocenters. The van der Waals surface area contributed by atoms with E-state index in [4.69, 9.17) is 5.11 Å². The summed E-state index contributed by atoms with van der Waals surface area (Å²) < 4.78 is 0. The first-order chi connectivity index (χ1) is 10.1. The van der Waals surface area contributed by atoms with Gasteiger partial charge in [0.1, 0.15) is 0 Å². The van der Waals surface area contributed by atoms with Crippen LogP contribution in [0.4, 0.5) is 0 Å². The number of thiazole rings is 1. The van der Waals surface area contributed by atoms with E-state index in [0.717, 1.165) is 35.0 Å². The molecule has 2 N–H and O–H groups in total. The van der Waals surface area contributed by atoms with Crippen molar-refractivity contribution in [3.63, 3.8) is 0 Å². The number of carbonyl (C=O) groups is 2. The topological polar surface area (TPSA) is 79.3 Å². The molecule has 1 amide bonds. The van der Waals surface area contributed by atoms with Gasteiger partial charge in [0.05, 0.1) is 16.6 Å². The average Bonchev–Trinajstić information content (AvgIpc) is 3.04. The van der Waals surface area contributed by atoms with Gasteiger partial charge in [-0.05, 0) is 19.8 Å². The summed E-state index contributed by atoms with van der Waals surface area (Å²) in [5, 5.41) is 15.0. The largest absolute Gasteiger partial charge is 0.481 e. The molecule has 0 aromatic carbocycles. The van der Waals surface area contributed by atoms with E-state index < -0.39 is 11.9 Å². The van der Waals surface area contributed by atoms with Crippen molar-refractivity contribution >= 4 is 35.0 Å². The third kappa shape index (κ3) is 5.00. The zero-order valence-electron chi connectivity index (χ0n) is 12.0. The second kappa shape index (κ2) is 7.79. The lowest BCUT2D eigenvalue weighted by atomic mass is 10.0. The van der Waals surface area contributed by atoms with Gasteiger partial charge in [0.2, 0.25) is 5.91 Å². The summed E-state index contributed by atoms with van der Waals surface area (Å²) >= 11 is 3.31. The fraction of sp³-hybridized carbons (Fsp3) is 0.643. The van der Waals surface area contributed by atoms with E-state index in [0.29, 0.717) is 12.8 Å². The summed E-state index contributed by atoms with van der Waals surface area (Å²) in [4.78, 5) is 27.3. The molecule has 1 fully saturated rings. The Kier molecular flexibility index (Phi) is 6.05. The highest BCUT2D eigenvalue weighted by molar-refractivity contribution is 7.98. The van der Waals surface area contributed by atoms with Crippen LogP contribution in [0.3, 0.4) is 0 Å². The Morgan fingerprint density at radius 1 is 1.52 bits per heavy atom. The van der Waals surface area contributed by atoms with E-state index in [1.807, 2.05) is 12.3 Å². The standard InChI is InChI=1S/C14H20N2O3S2/c1-9-15-10(8-21-9)7-20-6-5-13(17)16-12-4-2-3-11(12)14(18)19/h8,11-12H,2-7H2,1H3,(H,16,17)(H,18,19). The highest BCUT2D eigenvalue weighted by Gasteiger charge is 2.33. The third-order valence-corrected chi connectivity index (χ3v) is 5.38. The minimum absolute atomic E-state index is 0.0462. The van der Waals surface area contributed by atoms with Crippen molar-refractivity contribution in [1.29, 1.82) is 0 Å². The number of hydrogen-bond donors (Lipinski definition) is 2. The van der Waals surface area contributed by atoms with Crippen LogP contribution in [0.2, 0.25) is 0 Å². The number of amides is 1. The Hall–Kier alpha value is -1.08. The minimum Gasteiger partial charge on any atom is -0.481 e. The maximum Gasteiger partial charge on any atom is 0.308 e. The molecule has 116 valence electrons. The molecule has 1 aromatic heterocycles.